The molecule has 0 aliphatic rings. The topological polar surface area (TPSA) is 45.6 Å². The molecule has 0 saturated heterocycles. The van der Waals surface area contributed by atoms with E-state index in [0.717, 1.165) is 5.13 Å². The Bertz CT molecular complexity index is 301. The summed E-state index contributed by atoms with van der Waals surface area (Å²) in [5.41, 5.74) is 0. The summed E-state index contributed by atoms with van der Waals surface area (Å²) in [7, 11) is 0. The van der Waals surface area contributed by atoms with Crippen LogP contribution in [0.5, 0.6) is 0 Å². The van der Waals surface area contributed by atoms with Crippen molar-refractivity contribution in [3.8, 4) is 0 Å². The van der Waals surface area contributed by atoms with Crippen molar-refractivity contribution in [2.45, 2.75) is 39.8 Å². The minimum Gasteiger partial charge on any atom is -0.343 e. The lowest BCUT2D eigenvalue weighted by molar-refractivity contribution is 0.606. The normalized spacial score (nSPS) is 11.0. The summed E-state index contributed by atoms with van der Waals surface area (Å²) in [6.45, 7) is 8.43. The van der Waals surface area contributed by atoms with Crippen LogP contribution in [0.2, 0.25) is 0 Å². The lowest BCUT2D eigenvalue weighted by atomic mass is 10.2. The predicted octanol–water partition coefficient (Wildman–Crippen LogP) is 3.16. The smallest absolute Gasteiger partial charge is 0.187 e. The Morgan fingerprint density at radius 3 is 2.29 bits per heavy atom. The Morgan fingerprint density at radius 2 is 1.93 bits per heavy atom. The van der Waals surface area contributed by atoms with Crippen LogP contribution in [0, 0.1) is 4.91 Å². The average Bonchev–Trinajstić information content (AvgIpc) is 2.51. The molecule has 0 aliphatic heterocycles. The molecule has 0 bridgehead atoms. The van der Waals surface area contributed by atoms with Gasteiger partial charge in [0.25, 0.3) is 0 Å². The minimum absolute atomic E-state index is 0.376. The highest BCUT2D eigenvalue weighted by Crippen LogP contribution is 2.30. The fourth-order valence-electron chi connectivity index (χ4n) is 1.46. The summed E-state index contributed by atoms with van der Waals surface area (Å²) in [6, 6.07) is 0.751. The Labute approximate surface area is 87.9 Å². The molecule has 1 aromatic heterocycles. The maximum absolute atomic E-state index is 10.3. The van der Waals surface area contributed by atoms with E-state index in [0.29, 0.717) is 17.1 Å². The van der Waals surface area contributed by atoms with Crippen molar-refractivity contribution in [3.63, 3.8) is 0 Å². The third kappa shape index (κ3) is 2.29. The van der Waals surface area contributed by atoms with Gasteiger partial charge in [-0.15, -0.1) is 4.91 Å². The Hall–Kier alpha value is -0.970. The molecule has 0 fully saturated rings. The fraction of sp³-hybridized carbons (Fsp3) is 0.667. The first-order valence-corrected chi connectivity index (χ1v) is 5.45. The molecule has 4 nitrogen and oxygen atoms in total. The first-order valence-electron chi connectivity index (χ1n) is 4.63. The Kier molecular flexibility index (Phi) is 3.57. The van der Waals surface area contributed by atoms with Crippen molar-refractivity contribution in [1.82, 2.24) is 4.98 Å². The highest BCUT2D eigenvalue weighted by atomic mass is 32.1. The summed E-state index contributed by atoms with van der Waals surface area (Å²) >= 11 is 1.33. The van der Waals surface area contributed by atoms with Gasteiger partial charge in [-0.25, -0.2) is 4.98 Å². The minimum atomic E-state index is 0.376. The van der Waals surface area contributed by atoms with Gasteiger partial charge in [-0.05, 0) is 32.9 Å². The average molecular weight is 213 g/mol. The molecular weight excluding hydrogens is 198 g/mol. The lowest BCUT2D eigenvalue weighted by Crippen LogP contribution is -2.36. The fourth-order valence-corrected chi connectivity index (χ4v) is 2.42. The van der Waals surface area contributed by atoms with Crippen LogP contribution in [0.3, 0.4) is 0 Å². The van der Waals surface area contributed by atoms with Crippen LogP contribution in [0.25, 0.3) is 0 Å². The van der Waals surface area contributed by atoms with Gasteiger partial charge in [-0.2, -0.15) is 0 Å². The van der Waals surface area contributed by atoms with Crippen LogP contribution < -0.4 is 4.90 Å². The molecule has 0 amide bonds. The van der Waals surface area contributed by atoms with Gasteiger partial charge in [-0.3, -0.25) is 0 Å². The number of hydrogen-bond acceptors (Lipinski definition) is 5. The van der Waals surface area contributed by atoms with Crippen LogP contribution >= 0.6 is 11.3 Å². The molecule has 0 atom stereocenters. The van der Waals surface area contributed by atoms with Crippen LogP contribution in [-0.4, -0.2) is 17.1 Å². The van der Waals surface area contributed by atoms with E-state index >= 15 is 0 Å². The van der Waals surface area contributed by atoms with Gasteiger partial charge >= 0.3 is 0 Å². The van der Waals surface area contributed by atoms with Crippen LogP contribution in [-0.2, 0) is 0 Å². The van der Waals surface area contributed by atoms with E-state index in [-0.39, 0.29) is 0 Å². The number of thiazole rings is 1. The van der Waals surface area contributed by atoms with Crippen molar-refractivity contribution in [1.29, 1.82) is 0 Å². The van der Waals surface area contributed by atoms with E-state index in [1.807, 2.05) is 0 Å². The molecule has 1 rings (SSSR count). The highest BCUT2D eigenvalue weighted by Gasteiger charge is 2.17. The summed E-state index contributed by atoms with van der Waals surface area (Å²) < 4.78 is 0. The number of hydrogen-bond donors (Lipinski definition) is 0. The van der Waals surface area contributed by atoms with Gasteiger partial charge in [0.05, 0.1) is 6.20 Å². The molecule has 0 unspecified atom stereocenters. The SMILES string of the molecule is CC(C)N(c1ncc(N=O)s1)C(C)C. The van der Waals surface area contributed by atoms with Gasteiger partial charge in [0, 0.05) is 12.1 Å². The molecule has 0 aliphatic carbocycles. The zero-order valence-corrected chi connectivity index (χ0v) is 9.71. The largest absolute Gasteiger partial charge is 0.343 e. The first-order chi connectivity index (χ1) is 6.56. The highest BCUT2D eigenvalue weighted by molar-refractivity contribution is 7.19. The molecule has 14 heavy (non-hydrogen) atoms. The maximum atomic E-state index is 10.3. The van der Waals surface area contributed by atoms with Gasteiger partial charge in [-0.1, -0.05) is 11.3 Å². The van der Waals surface area contributed by atoms with Gasteiger partial charge in [0.15, 0.2) is 10.1 Å². The number of nitrogens with zero attached hydrogens (tertiary/aromatic N) is 3. The molecule has 78 valence electrons. The third-order valence-electron chi connectivity index (χ3n) is 1.90. The van der Waals surface area contributed by atoms with E-state index < -0.39 is 0 Å². The van der Waals surface area contributed by atoms with Gasteiger partial charge in [0.2, 0.25) is 0 Å². The van der Waals surface area contributed by atoms with E-state index in [9.17, 15) is 4.91 Å². The van der Waals surface area contributed by atoms with Crippen LogP contribution in [0.4, 0.5) is 10.1 Å². The number of anilines is 1. The van der Waals surface area contributed by atoms with Gasteiger partial charge < -0.3 is 4.90 Å². The Morgan fingerprint density at radius 1 is 1.36 bits per heavy atom. The van der Waals surface area contributed by atoms with Crippen molar-refractivity contribution in [3.05, 3.63) is 11.1 Å². The molecule has 0 radical (unpaired) electrons. The molecule has 1 heterocycles. The monoisotopic (exact) mass is 213 g/mol. The van der Waals surface area contributed by atoms with Crippen molar-refractivity contribution >= 4 is 21.5 Å². The van der Waals surface area contributed by atoms with Crippen LogP contribution in [0.1, 0.15) is 27.7 Å². The van der Waals surface area contributed by atoms with Crippen molar-refractivity contribution in [2.24, 2.45) is 5.18 Å². The van der Waals surface area contributed by atoms with Crippen molar-refractivity contribution in [2.75, 3.05) is 4.90 Å². The molecule has 5 heteroatoms. The lowest BCUT2D eigenvalue weighted by Gasteiger charge is -2.30. The molecule has 1 aromatic rings. The summed E-state index contributed by atoms with van der Waals surface area (Å²) in [6.07, 6.45) is 1.52. The van der Waals surface area contributed by atoms with E-state index in [1.54, 1.807) is 0 Å². The second-order valence-electron chi connectivity index (χ2n) is 3.67. The summed E-state index contributed by atoms with van der Waals surface area (Å²) in [5.74, 6) is 0. The molecule has 0 spiro atoms. The van der Waals surface area contributed by atoms with E-state index in [2.05, 4.69) is 42.8 Å². The second-order valence-corrected chi connectivity index (χ2v) is 4.65. The molecular formula is C9H15N3OS. The van der Waals surface area contributed by atoms with Gasteiger partial charge in [0.1, 0.15) is 0 Å². The second kappa shape index (κ2) is 4.50. The quantitative estimate of drug-likeness (QED) is 0.722. The first kappa shape index (κ1) is 11.1. The number of rotatable bonds is 4. The predicted molar refractivity (Wildman–Crippen MR) is 60.3 cm³/mol. The number of aromatic nitrogens is 1. The van der Waals surface area contributed by atoms with E-state index in [1.165, 1.54) is 17.5 Å². The zero-order chi connectivity index (χ0) is 10.7. The number of nitroso groups, excluding NO2 is 1. The summed E-state index contributed by atoms with van der Waals surface area (Å²) in [4.78, 5) is 16.6. The van der Waals surface area contributed by atoms with Crippen LogP contribution in [0.15, 0.2) is 11.4 Å². The maximum Gasteiger partial charge on any atom is 0.187 e. The Balaban J connectivity index is 2.93. The third-order valence-corrected chi connectivity index (χ3v) is 2.79. The molecule has 0 N–H and O–H groups in total. The molecule has 0 saturated carbocycles. The van der Waals surface area contributed by atoms with E-state index in [4.69, 9.17) is 0 Å². The molecule has 0 aromatic carbocycles. The van der Waals surface area contributed by atoms with Crippen molar-refractivity contribution < 1.29 is 0 Å². The standard InChI is InChI=1S/C9H15N3OS/c1-6(2)12(7(3)4)9-10-5-8(11-13)14-9/h5-7H,1-4H3. The zero-order valence-electron chi connectivity index (χ0n) is 8.89. The summed E-state index contributed by atoms with van der Waals surface area (Å²) in [5, 5.41) is 4.17.